The van der Waals surface area contributed by atoms with E-state index >= 15 is 0 Å². The first-order valence-corrected chi connectivity index (χ1v) is 26.0. The number of aromatic nitrogens is 3. The second-order valence-corrected chi connectivity index (χ2v) is 18.1. The summed E-state index contributed by atoms with van der Waals surface area (Å²) in [7, 11) is -4.38. The Morgan fingerprint density at radius 2 is 1.19 bits per heavy atom. The molecule has 0 radical (unpaired) electrons. The number of imide groups is 1. The van der Waals surface area contributed by atoms with Gasteiger partial charge in [0.25, 0.3) is 11.8 Å². The second kappa shape index (κ2) is 35.6. The summed E-state index contributed by atoms with van der Waals surface area (Å²) in [5.41, 5.74) is 1.28. The number of benzene rings is 1. The molecule has 1 aromatic carbocycles. The zero-order chi connectivity index (χ0) is 52.5. The Hall–Kier alpha value is -4.55. The molecule has 27 nitrogen and oxygen atoms in total. The van der Waals surface area contributed by atoms with Crippen molar-refractivity contribution < 1.29 is 96.2 Å². The Morgan fingerprint density at radius 3 is 1.74 bits per heavy atom. The van der Waals surface area contributed by atoms with E-state index in [0.29, 0.717) is 131 Å². The van der Waals surface area contributed by atoms with Gasteiger partial charge in [-0.1, -0.05) is 5.21 Å². The highest BCUT2D eigenvalue weighted by atomic mass is 31.2. The topological polar surface area (TPSA) is 349 Å². The van der Waals surface area contributed by atoms with Gasteiger partial charge in [0.2, 0.25) is 12.2 Å². The summed E-state index contributed by atoms with van der Waals surface area (Å²) in [6, 6.07) is 5.69. The highest BCUT2D eigenvalue weighted by Gasteiger charge is 2.45. The van der Waals surface area contributed by atoms with Crippen LogP contribution in [0.5, 0.6) is 5.75 Å². The zero-order valence-corrected chi connectivity index (χ0v) is 41.8. The molecule has 412 valence electrons. The summed E-state index contributed by atoms with van der Waals surface area (Å²) in [5.74, 6) is -0.774. The minimum Gasteiger partial charge on any atom is -0.462 e. The maximum atomic E-state index is 12.4. The van der Waals surface area contributed by atoms with Crippen LogP contribution < -0.4 is 20.7 Å². The number of aliphatic hydroxyl groups is 3. The molecule has 0 saturated carbocycles. The lowest BCUT2D eigenvalue weighted by atomic mass is 9.97. The van der Waals surface area contributed by atoms with Crippen LogP contribution in [-0.2, 0) is 74.5 Å². The number of aliphatic hydroxyl groups excluding tert-OH is 3. The molecule has 2 aliphatic rings. The molecule has 28 heteroatoms. The first-order valence-electron chi connectivity index (χ1n) is 24.2. The number of anilines is 1. The first kappa shape index (κ1) is 61.0. The van der Waals surface area contributed by atoms with Gasteiger partial charge < -0.3 is 88.4 Å². The minimum atomic E-state index is -4.38. The number of nitrogens with zero attached hydrogens (tertiary/aromatic N) is 4. The quantitative estimate of drug-likeness (QED) is 0.0219. The van der Waals surface area contributed by atoms with E-state index in [2.05, 4.69) is 26.3 Å². The summed E-state index contributed by atoms with van der Waals surface area (Å²) in [6.07, 6.45) is -1.71. The molecule has 1 fully saturated rings. The maximum absolute atomic E-state index is 12.4. The molecular formula is C45H72N7O20P. The van der Waals surface area contributed by atoms with Crippen LogP contribution in [-0.4, -0.2) is 231 Å². The Bertz CT molecular complexity index is 1940. The molecule has 2 aliphatic heterocycles. The van der Waals surface area contributed by atoms with Crippen LogP contribution >= 0.6 is 7.60 Å². The predicted octanol–water partition coefficient (Wildman–Crippen LogP) is -1.26. The van der Waals surface area contributed by atoms with Gasteiger partial charge >= 0.3 is 13.6 Å². The van der Waals surface area contributed by atoms with Crippen molar-refractivity contribution in [2.75, 3.05) is 137 Å². The molecule has 3 heterocycles. The van der Waals surface area contributed by atoms with Crippen LogP contribution in [0.2, 0.25) is 0 Å². The fourth-order valence-electron chi connectivity index (χ4n) is 6.68. The number of ether oxygens (including phenoxy) is 10. The average molecular weight is 1060 g/mol. The van der Waals surface area contributed by atoms with Crippen molar-refractivity contribution in [1.29, 1.82) is 0 Å². The summed E-state index contributed by atoms with van der Waals surface area (Å²) in [5, 5.41) is 47.2. The largest absolute Gasteiger partial charge is 0.462 e. The summed E-state index contributed by atoms with van der Waals surface area (Å²) < 4.78 is 68.0. The van der Waals surface area contributed by atoms with E-state index in [1.807, 2.05) is 6.20 Å². The van der Waals surface area contributed by atoms with Crippen LogP contribution in [0.4, 0.5) is 10.5 Å². The van der Waals surface area contributed by atoms with Gasteiger partial charge in [-0.2, -0.15) is 0 Å². The van der Waals surface area contributed by atoms with Gasteiger partial charge in [-0.3, -0.25) is 23.8 Å². The average Bonchev–Trinajstić information content (AvgIpc) is 3.96. The first-order chi connectivity index (χ1) is 35.3. The number of hydrogen-bond acceptors (Lipinski definition) is 20. The Balaban J connectivity index is 0.845. The van der Waals surface area contributed by atoms with E-state index in [9.17, 15) is 39.1 Å². The van der Waals surface area contributed by atoms with E-state index in [4.69, 9.17) is 57.2 Å². The molecule has 73 heavy (non-hydrogen) atoms. The van der Waals surface area contributed by atoms with E-state index < -0.39 is 50.5 Å². The Labute approximate surface area is 423 Å². The van der Waals surface area contributed by atoms with Gasteiger partial charge in [-0.05, 0) is 49.9 Å². The zero-order valence-electron chi connectivity index (χ0n) is 40.9. The highest BCUT2D eigenvalue weighted by Crippen LogP contribution is 2.37. The highest BCUT2D eigenvalue weighted by molar-refractivity contribution is 7.51. The molecule has 1 aromatic heterocycles. The number of rotatable bonds is 41. The van der Waals surface area contributed by atoms with Crippen molar-refractivity contribution >= 4 is 37.0 Å². The smallest absolute Gasteiger partial charge is 0.325 e. The lowest BCUT2D eigenvalue weighted by Crippen LogP contribution is -2.59. The molecule has 0 unspecified atom stereocenters. The van der Waals surface area contributed by atoms with Crippen molar-refractivity contribution in [2.24, 2.45) is 0 Å². The van der Waals surface area contributed by atoms with E-state index in [-0.39, 0.29) is 56.0 Å². The second-order valence-electron chi connectivity index (χ2n) is 16.3. The van der Waals surface area contributed by atoms with Gasteiger partial charge in [0.1, 0.15) is 24.1 Å². The van der Waals surface area contributed by atoms with Gasteiger partial charge in [-0.15, -0.1) is 5.10 Å². The fraction of sp³-hybridized carbons (Fsp3) is 0.689. The van der Waals surface area contributed by atoms with Crippen LogP contribution in [0.3, 0.4) is 0 Å². The Morgan fingerprint density at radius 1 is 0.658 bits per heavy atom. The summed E-state index contributed by atoms with van der Waals surface area (Å²) >= 11 is 0. The number of unbranched alkanes of at least 4 members (excludes halogenated alkanes) is 1. The monoisotopic (exact) mass is 1060 g/mol. The molecule has 8 N–H and O–H groups in total. The van der Waals surface area contributed by atoms with E-state index in [1.54, 1.807) is 16.8 Å². The SMILES string of the molecule is O=C(CCOCCOCCOCCOCCOCCOCCOCCOCCn1cc(CCCCNC(=O)Nc2ccc(O[C@H]3O[C@H](CCP(=O)(O)O)[C@@H](O)[C@H](O)[C@@H]3O)cc2)nn1)NCCN1C(=O)C=CC1=O. The van der Waals surface area contributed by atoms with Gasteiger partial charge in [-0.25, -0.2) is 9.48 Å². The lowest BCUT2D eigenvalue weighted by molar-refractivity contribution is -0.272. The number of carbonyl (C=O) groups excluding carboxylic acids is 4. The van der Waals surface area contributed by atoms with Crippen molar-refractivity contribution in [2.45, 2.75) is 69.4 Å². The van der Waals surface area contributed by atoms with Crippen LogP contribution in [0.1, 0.15) is 31.4 Å². The molecule has 0 spiro atoms. The van der Waals surface area contributed by atoms with Crippen LogP contribution in [0.25, 0.3) is 0 Å². The molecule has 0 aliphatic carbocycles. The third kappa shape index (κ3) is 26.5. The molecule has 0 bridgehead atoms. The predicted molar refractivity (Wildman–Crippen MR) is 255 cm³/mol. The molecule has 5 amide bonds. The Kier molecular flexibility index (Phi) is 29.8. The number of nitrogens with one attached hydrogen (secondary N) is 3. The van der Waals surface area contributed by atoms with Crippen molar-refractivity contribution in [3.63, 3.8) is 0 Å². The van der Waals surface area contributed by atoms with Gasteiger partial charge in [0.05, 0.1) is 130 Å². The van der Waals surface area contributed by atoms with Crippen molar-refractivity contribution in [3.05, 3.63) is 48.3 Å². The number of urea groups is 1. The van der Waals surface area contributed by atoms with Gasteiger partial charge in [0, 0.05) is 50.1 Å². The number of amides is 5. The fourth-order valence-corrected chi connectivity index (χ4v) is 7.27. The minimum absolute atomic E-state index is 0.128. The lowest BCUT2D eigenvalue weighted by Gasteiger charge is -2.40. The number of hydrogen-bond donors (Lipinski definition) is 8. The number of carbonyl (C=O) groups is 4. The van der Waals surface area contributed by atoms with Crippen LogP contribution in [0, 0.1) is 0 Å². The maximum Gasteiger partial charge on any atom is 0.325 e. The summed E-state index contributed by atoms with van der Waals surface area (Å²) in [6.45, 7) is 7.78. The van der Waals surface area contributed by atoms with Gasteiger partial charge in [0.15, 0.2) is 0 Å². The molecule has 5 atom stereocenters. The molecule has 2 aromatic rings. The van der Waals surface area contributed by atoms with Crippen LogP contribution in [0.15, 0.2) is 42.6 Å². The number of aryl methyl sites for hydroxylation is 1. The third-order valence-corrected chi connectivity index (χ3v) is 11.4. The standard InChI is InChI=1S/C45H72N7O20P/c53-38(46-13-14-52-39(54)8-9-40(52)55)10-16-63-18-20-65-22-24-67-26-28-69-30-31-70-29-27-68-25-23-66-21-19-64-17-15-51-33-35(49-50-51)3-1-2-12-47-45(59)48-34-4-6-36(7-5-34)71-44-43(58)42(57)41(56)37(72-44)11-32-73(60,61)62/h4-9,33,37,41-44,56-58H,1-3,10-32H2,(H,46,53)(H2,47,48,59)(H2,60,61,62)/t37-,41-,42+,43+,44+/m1/s1. The molecule has 1 saturated heterocycles. The molecule has 4 rings (SSSR count). The van der Waals surface area contributed by atoms with Crippen molar-refractivity contribution in [3.8, 4) is 5.75 Å². The molecular weight excluding hydrogens is 989 g/mol. The van der Waals surface area contributed by atoms with E-state index in [0.717, 1.165) is 17.0 Å². The van der Waals surface area contributed by atoms with Crippen molar-refractivity contribution in [1.82, 2.24) is 30.5 Å². The third-order valence-electron chi connectivity index (χ3n) is 10.6. The normalized spacial score (nSPS) is 18.9. The van der Waals surface area contributed by atoms with E-state index in [1.165, 1.54) is 24.3 Å². The summed E-state index contributed by atoms with van der Waals surface area (Å²) in [4.78, 5) is 66.6.